The molecule has 0 heterocycles. The Morgan fingerprint density at radius 2 is 2.19 bits per heavy atom. The fraction of sp³-hybridized carbons (Fsp3) is 0.154. The number of rotatable bonds is 5. The molecule has 0 saturated heterocycles. The summed E-state index contributed by atoms with van der Waals surface area (Å²) < 4.78 is 5.41. The number of hydrogen-bond donors (Lipinski definition) is 1. The van der Waals surface area contributed by atoms with E-state index in [0.29, 0.717) is 12.4 Å². The predicted octanol–water partition coefficient (Wildman–Crippen LogP) is 2.74. The largest absolute Gasteiger partial charge is 0.489 e. The molecule has 0 saturated carbocycles. The van der Waals surface area contributed by atoms with Crippen LogP contribution in [0.25, 0.3) is 6.08 Å². The third-order valence-electron chi connectivity index (χ3n) is 1.99. The van der Waals surface area contributed by atoms with Crippen LogP contribution >= 0.6 is 0 Å². The number of ether oxygens (including phenoxy) is 1. The van der Waals surface area contributed by atoms with E-state index in [0.717, 1.165) is 5.56 Å². The van der Waals surface area contributed by atoms with Crippen molar-refractivity contribution >= 4 is 12.0 Å². The molecule has 0 aromatic heterocycles. The highest BCUT2D eigenvalue weighted by molar-refractivity contribution is 5.91. The highest BCUT2D eigenvalue weighted by atomic mass is 16.5. The Labute approximate surface area is 94.7 Å². The molecule has 1 aromatic rings. The summed E-state index contributed by atoms with van der Waals surface area (Å²) in [5.74, 6) is -0.276. The first kappa shape index (κ1) is 12.0. The molecule has 3 heteroatoms. The van der Waals surface area contributed by atoms with Gasteiger partial charge in [0, 0.05) is 11.1 Å². The Morgan fingerprint density at radius 3 is 2.81 bits per heavy atom. The van der Waals surface area contributed by atoms with E-state index in [1.54, 1.807) is 25.1 Å². The maximum Gasteiger partial charge on any atom is 0.331 e. The van der Waals surface area contributed by atoms with Gasteiger partial charge in [0.2, 0.25) is 0 Å². The molecular formula is C13H14O3. The summed E-state index contributed by atoms with van der Waals surface area (Å²) in [4.78, 5) is 10.7. The molecule has 1 rings (SSSR count). The van der Waals surface area contributed by atoms with Crippen LogP contribution in [0, 0.1) is 0 Å². The van der Waals surface area contributed by atoms with Crippen molar-refractivity contribution in [1.82, 2.24) is 0 Å². The second-order valence-corrected chi connectivity index (χ2v) is 3.27. The molecule has 0 aliphatic rings. The van der Waals surface area contributed by atoms with Gasteiger partial charge in [-0.3, -0.25) is 0 Å². The zero-order valence-electron chi connectivity index (χ0n) is 9.14. The first-order valence-electron chi connectivity index (χ1n) is 4.89. The summed E-state index contributed by atoms with van der Waals surface area (Å²) in [7, 11) is 0. The molecule has 84 valence electrons. The summed E-state index contributed by atoms with van der Waals surface area (Å²) in [6, 6.07) is 7.28. The van der Waals surface area contributed by atoms with E-state index < -0.39 is 5.97 Å². The van der Waals surface area contributed by atoms with Crippen molar-refractivity contribution in [2.24, 2.45) is 0 Å². The molecule has 0 spiro atoms. The number of carboxylic acid groups (broad SMARTS) is 1. The minimum Gasteiger partial charge on any atom is -0.489 e. The fourth-order valence-corrected chi connectivity index (χ4v) is 1.17. The highest BCUT2D eigenvalue weighted by Gasteiger charge is 2.03. The SMILES string of the molecule is C=CCOc1ccccc1/C=C(\C)C(=O)O. The number of carboxylic acids is 1. The van der Waals surface area contributed by atoms with E-state index in [2.05, 4.69) is 6.58 Å². The molecule has 0 radical (unpaired) electrons. The van der Waals surface area contributed by atoms with E-state index in [9.17, 15) is 4.79 Å². The van der Waals surface area contributed by atoms with Gasteiger partial charge in [-0.1, -0.05) is 30.9 Å². The lowest BCUT2D eigenvalue weighted by molar-refractivity contribution is -0.132. The summed E-state index contributed by atoms with van der Waals surface area (Å²) in [6.07, 6.45) is 3.23. The molecule has 0 amide bonds. The molecule has 0 aliphatic heterocycles. The van der Waals surface area contributed by atoms with Crippen LogP contribution in [-0.4, -0.2) is 17.7 Å². The van der Waals surface area contributed by atoms with Gasteiger partial charge in [-0.2, -0.15) is 0 Å². The van der Waals surface area contributed by atoms with Crippen molar-refractivity contribution in [3.63, 3.8) is 0 Å². The first-order chi connectivity index (χ1) is 7.65. The summed E-state index contributed by atoms with van der Waals surface area (Å²) >= 11 is 0. The van der Waals surface area contributed by atoms with Gasteiger partial charge in [0.1, 0.15) is 12.4 Å². The minimum atomic E-state index is -0.932. The van der Waals surface area contributed by atoms with E-state index in [1.165, 1.54) is 0 Å². The van der Waals surface area contributed by atoms with Gasteiger partial charge >= 0.3 is 5.97 Å². The van der Waals surface area contributed by atoms with E-state index in [-0.39, 0.29) is 5.57 Å². The van der Waals surface area contributed by atoms with Gasteiger partial charge in [-0.25, -0.2) is 4.79 Å². The summed E-state index contributed by atoms with van der Waals surface area (Å²) in [5.41, 5.74) is 1.03. The quantitative estimate of drug-likeness (QED) is 0.610. The zero-order valence-corrected chi connectivity index (χ0v) is 9.14. The maximum atomic E-state index is 10.7. The second kappa shape index (κ2) is 5.75. The molecule has 1 aromatic carbocycles. The van der Waals surface area contributed by atoms with Crippen LogP contribution < -0.4 is 4.74 Å². The van der Waals surface area contributed by atoms with Gasteiger partial charge in [-0.15, -0.1) is 0 Å². The van der Waals surface area contributed by atoms with Gasteiger partial charge < -0.3 is 9.84 Å². The van der Waals surface area contributed by atoms with Crippen LogP contribution in [0.2, 0.25) is 0 Å². The minimum absolute atomic E-state index is 0.273. The normalized spacial score (nSPS) is 10.9. The maximum absolute atomic E-state index is 10.7. The Bertz CT molecular complexity index is 419. The van der Waals surface area contributed by atoms with Crippen molar-refractivity contribution < 1.29 is 14.6 Å². The molecule has 16 heavy (non-hydrogen) atoms. The van der Waals surface area contributed by atoms with Gasteiger partial charge in [0.05, 0.1) is 0 Å². The molecule has 0 fully saturated rings. The highest BCUT2D eigenvalue weighted by Crippen LogP contribution is 2.20. The second-order valence-electron chi connectivity index (χ2n) is 3.27. The van der Waals surface area contributed by atoms with Crippen LogP contribution in [0.3, 0.4) is 0 Å². The lowest BCUT2D eigenvalue weighted by Gasteiger charge is -2.07. The van der Waals surface area contributed by atoms with Gasteiger partial charge in [0.25, 0.3) is 0 Å². The number of aliphatic carboxylic acids is 1. The Morgan fingerprint density at radius 1 is 1.50 bits per heavy atom. The van der Waals surface area contributed by atoms with Crippen LogP contribution in [0.4, 0.5) is 0 Å². The van der Waals surface area contributed by atoms with Crippen LogP contribution in [-0.2, 0) is 4.79 Å². The molecular weight excluding hydrogens is 204 g/mol. The zero-order chi connectivity index (χ0) is 12.0. The third-order valence-corrected chi connectivity index (χ3v) is 1.99. The smallest absolute Gasteiger partial charge is 0.331 e. The third kappa shape index (κ3) is 3.28. The standard InChI is InChI=1S/C13H14O3/c1-3-8-16-12-7-5-4-6-11(12)9-10(2)13(14)15/h3-7,9H,1,8H2,2H3,(H,14,15)/b10-9+. The number of para-hydroxylation sites is 1. The molecule has 1 N–H and O–H groups in total. The van der Waals surface area contributed by atoms with Crippen molar-refractivity contribution in [1.29, 1.82) is 0 Å². The van der Waals surface area contributed by atoms with Crippen molar-refractivity contribution in [2.75, 3.05) is 6.61 Å². The lowest BCUT2D eigenvalue weighted by atomic mass is 10.1. The van der Waals surface area contributed by atoms with E-state index in [4.69, 9.17) is 9.84 Å². The number of hydrogen-bond acceptors (Lipinski definition) is 2. The molecule has 0 bridgehead atoms. The van der Waals surface area contributed by atoms with Crippen LogP contribution in [0.15, 0.2) is 42.5 Å². The van der Waals surface area contributed by atoms with Crippen molar-refractivity contribution in [3.05, 3.63) is 48.1 Å². The molecule has 3 nitrogen and oxygen atoms in total. The average Bonchev–Trinajstić information content (AvgIpc) is 2.27. The Kier molecular flexibility index (Phi) is 4.33. The molecule has 0 atom stereocenters. The number of benzene rings is 1. The lowest BCUT2D eigenvalue weighted by Crippen LogP contribution is -1.98. The van der Waals surface area contributed by atoms with Gasteiger partial charge in [-0.05, 0) is 19.1 Å². The average molecular weight is 218 g/mol. The summed E-state index contributed by atoms with van der Waals surface area (Å²) in [5, 5.41) is 8.78. The molecule has 0 unspecified atom stereocenters. The topological polar surface area (TPSA) is 46.5 Å². The van der Waals surface area contributed by atoms with Gasteiger partial charge in [0.15, 0.2) is 0 Å². The van der Waals surface area contributed by atoms with Crippen LogP contribution in [0.5, 0.6) is 5.75 Å². The summed E-state index contributed by atoms with van der Waals surface area (Å²) in [6.45, 7) is 5.51. The Hall–Kier alpha value is -2.03. The molecule has 0 aliphatic carbocycles. The van der Waals surface area contributed by atoms with Crippen molar-refractivity contribution in [2.45, 2.75) is 6.92 Å². The van der Waals surface area contributed by atoms with E-state index in [1.807, 2.05) is 18.2 Å². The van der Waals surface area contributed by atoms with Crippen molar-refractivity contribution in [3.8, 4) is 5.75 Å². The van der Waals surface area contributed by atoms with Crippen LogP contribution in [0.1, 0.15) is 12.5 Å². The fourth-order valence-electron chi connectivity index (χ4n) is 1.17. The van der Waals surface area contributed by atoms with E-state index >= 15 is 0 Å². The number of carbonyl (C=O) groups is 1. The Balaban J connectivity index is 2.98. The predicted molar refractivity (Wildman–Crippen MR) is 63.4 cm³/mol. The first-order valence-corrected chi connectivity index (χ1v) is 4.89. The monoisotopic (exact) mass is 218 g/mol.